The van der Waals surface area contributed by atoms with Crippen LogP contribution in [-0.2, 0) is 6.54 Å². The summed E-state index contributed by atoms with van der Waals surface area (Å²) in [6, 6.07) is 4.05. The van der Waals surface area contributed by atoms with Gasteiger partial charge in [0.25, 0.3) is 0 Å². The first-order valence-corrected chi connectivity index (χ1v) is 5.79. The Balaban J connectivity index is 0.00000162. The molecule has 5 nitrogen and oxygen atoms in total. The summed E-state index contributed by atoms with van der Waals surface area (Å²) in [5, 5.41) is 3.35. The van der Waals surface area contributed by atoms with Crippen LogP contribution in [0.15, 0.2) is 23.3 Å². The number of anilines is 1. The van der Waals surface area contributed by atoms with E-state index in [1.54, 1.807) is 0 Å². The Morgan fingerprint density at radius 1 is 1.44 bits per heavy atom. The Hall–Kier alpha value is -1.05. The van der Waals surface area contributed by atoms with Gasteiger partial charge in [-0.1, -0.05) is 6.07 Å². The quantitative estimate of drug-likeness (QED) is 0.821. The van der Waals surface area contributed by atoms with E-state index in [0.717, 1.165) is 31.4 Å². The second-order valence-corrected chi connectivity index (χ2v) is 4.36. The van der Waals surface area contributed by atoms with E-state index in [9.17, 15) is 0 Å². The Kier molecular flexibility index (Phi) is 5.64. The number of hydrogen-bond acceptors (Lipinski definition) is 5. The van der Waals surface area contributed by atoms with Gasteiger partial charge >= 0.3 is 0 Å². The molecule has 1 N–H and O–H groups in total. The van der Waals surface area contributed by atoms with Gasteiger partial charge in [0, 0.05) is 46.0 Å². The van der Waals surface area contributed by atoms with Crippen LogP contribution in [0.1, 0.15) is 5.56 Å². The number of aliphatic imine (C=N–C) groups is 1. The maximum absolute atomic E-state index is 4.40. The van der Waals surface area contributed by atoms with Crippen LogP contribution < -0.4 is 10.2 Å². The van der Waals surface area contributed by atoms with E-state index in [4.69, 9.17) is 0 Å². The number of rotatable bonds is 3. The van der Waals surface area contributed by atoms with Crippen LogP contribution in [-0.4, -0.2) is 50.1 Å². The molecule has 0 aromatic carbocycles. The zero-order valence-corrected chi connectivity index (χ0v) is 13.4. The first-order valence-electron chi connectivity index (χ1n) is 5.79. The number of halogens is 1. The van der Waals surface area contributed by atoms with Crippen LogP contribution in [0.4, 0.5) is 5.82 Å². The van der Waals surface area contributed by atoms with Gasteiger partial charge in [-0.15, -0.1) is 24.0 Å². The Morgan fingerprint density at radius 2 is 2.22 bits per heavy atom. The molecule has 18 heavy (non-hydrogen) atoms. The Morgan fingerprint density at radius 3 is 2.83 bits per heavy atom. The molecule has 1 aliphatic heterocycles. The van der Waals surface area contributed by atoms with Crippen LogP contribution in [0.3, 0.4) is 0 Å². The monoisotopic (exact) mass is 361 g/mol. The molecule has 0 aliphatic carbocycles. The van der Waals surface area contributed by atoms with Gasteiger partial charge in [0.2, 0.25) is 0 Å². The first-order chi connectivity index (χ1) is 8.18. The molecule has 0 saturated carbocycles. The van der Waals surface area contributed by atoms with Crippen LogP contribution in [0, 0.1) is 0 Å². The van der Waals surface area contributed by atoms with E-state index in [1.165, 1.54) is 5.56 Å². The zero-order valence-electron chi connectivity index (χ0n) is 11.1. The number of pyridine rings is 1. The van der Waals surface area contributed by atoms with Crippen molar-refractivity contribution in [1.82, 2.24) is 15.2 Å². The third-order valence-electron chi connectivity index (χ3n) is 2.79. The van der Waals surface area contributed by atoms with E-state index in [0.29, 0.717) is 0 Å². The van der Waals surface area contributed by atoms with Crippen molar-refractivity contribution in [3.8, 4) is 0 Å². The van der Waals surface area contributed by atoms with Crippen molar-refractivity contribution in [3.63, 3.8) is 0 Å². The second kappa shape index (κ2) is 6.77. The van der Waals surface area contributed by atoms with Crippen molar-refractivity contribution in [1.29, 1.82) is 0 Å². The molecule has 0 spiro atoms. The van der Waals surface area contributed by atoms with Crippen LogP contribution >= 0.6 is 24.0 Å². The fourth-order valence-electron chi connectivity index (χ4n) is 1.87. The number of nitrogens with zero attached hydrogens (tertiary/aromatic N) is 4. The number of guanidine groups is 1. The van der Waals surface area contributed by atoms with Gasteiger partial charge in [-0.05, 0) is 6.07 Å². The van der Waals surface area contributed by atoms with Crippen molar-refractivity contribution >= 4 is 35.8 Å². The lowest BCUT2D eigenvalue weighted by Crippen LogP contribution is -2.35. The molecule has 6 heteroatoms. The van der Waals surface area contributed by atoms with E-state index in [-0.39, 0.29) is 24.0 Å². The lowest BCUT2D eigenvalue weighted by Gasteiger charge is -2.18. The van der Waals surface area contributed by atoms with Gasteiger partial charge in [-0.2, -0.15) is 0 Å². The molecule has 1 aromatic rings. The van der Waals surface area contributed by atoms with E-state index >= 15 is 0 Å². The van der Waals surface area contributed by atoms with Crippen LogP contribution in [0.2, 0.25) is 0 Å². The molecule has 100 valence electrons. The van der Waals surface area contributed by atoms with E-state index in [1.807, 2.05) is 31.3 Å². The summed E-state index contributed by atoms with van der Waals surface area (Å²) in [5.41, 5.74) is 1.18. The third kappa shape index (κ3) is 3.47. The van der Waals surface area contributed by atoms with E-state index in [2.05, 4.69) is 33.3 Å². The van der Waals surface area contributed by atoms with E-state index < -0.39 is 0 Å². The summed E-state index contributed by atoms with van der Waals surface area (Å²) >= 11 is 0. The molecule has 2 heterocycles. The summed E-state index contributed by atoms with van der Waals surface area (Å²) < 4.78 is 0. The standard InChI is InChI=1S/C12H19N5.HI/c1-16(2)11-10(5-4-6-13-11)9-15-12-14-7-8-17(12)3;/h4-6H,7-9H2,1-3H3,(H,14,15);1H. The molecule has 0 atom stereocenters. The normalized spacial score (nSPS) is 13.9. The Labute approximate surface area is 125 Å². The summed E-state index contributed by atoms with van der Waals surface area (Å²) in [5.74, 6) is 1.97. The molecular formula is C12H20IN5. The maximum Gasteiger partial charge on any atom is 0.194 e. The zero-order chi connectivity index (χ0) is 12.3. The molecule has 0 bridgehead atoms. The highest BCUT2D eigenvalue weighted by Gasteiger charge is 2.12. The lowest BCUT2D eigenvalue weighted by molar-refractivity contribution is 0.534. The van der Waals surface area contributed by atoms with Gasteiger partial charge in [-0.3, -0.25) is 4.99 Å². The van der Waals surface area contributed by atoms with Crippen molar-refractivity contribution in [2.45, 2.75) is 6.54 Å². The van der Waals surface area contributed by atoms with Gasteiger partial charge in [0.15, 0.2) is 5.96 Å². The molecule has 0 amide bonds. The molecule has 0 fully saturated rings. The average molecular weight is 361 g/mol. The average Bonchev–Trinajstić information content (AvgIpc) is 2.72. The highest BCUT2D eigenvalue weighted by Crippen LogP contribution is 2.14. The SMILES string of the molecule is CN1CCN=C1NCc1cccnc1N(C)C.I. The molecule has 0 saturated heterocycles. The first kappa shape index (κ1) is 15.0. The van der Waals surface area contributed by atoms with Crippen molar-refractivity contribution in [2.75, 3.05) is 39.1 Å². The molecule has 0 unspecified atom stereocenters. The largest absolute Gasteiger partial charge is 0.362 e. The number of likely N-dealkylation sites (N-methyl/N-ethyl adjacent to an activating group) is 1. The summed E-state index contributed by atoms with van der Waals surface area (Å²) in [6.07, 6.45) is 1.82. The van der Waals surface area contributed by atoms with Gasteiger partial charge in [0.05, 0.1) is 6.54 Å². The van der Waals surface area contributed by atoms with Crippen molar-refractivity contribution < 1.29 is 0 Å². The topological polar surface area (TPSA) is 43.8 Å². The smallest absolute Gasteiger partial charge is 0.194 e. The third-order valence-corrected chi connectivity index (χ3v) is 2.79. The minimum Gasteiger partial charge on any atom is -0.362 e. The van der Waals surface area contributed by atoms with Gasteiger partial charge in [0.1, 0.15) is 5.82 Å². The number of hydrogen-bond donors (Lipinski definition) is 1. The van der Waals surface area contributed by atoms with Crippen LogP contribution in [0.25, 0.3) is 0 Å². The highest BCUT2D eigenvalue weighted by atomic mass is 127. The van der Waals surface area contributed by atoms with Gasteiger partial charge in [-0.25, -0.2) is 4.98 Å². The molecule has 1 aliphatic rings. The minimum absolute atomic E-state index is 0. The predicted octanol–water partition coefficient (Wildman–Crippen LogP) is 1.16. The highest BCUT2D eigenvalue weighted by molar-refractivity contribution is 14.0. The fraction of sp³-hybridized carbons (Fsp3) is 0.500. The van der Waals surface area contributed by atoms with Crippen LogP contribution in [0.5, 0.6) is 0 Å². The van der Waals surface area contributed by atoms with Crippen molar-refractivity contribution in [3.05, 3.63) is 23.9 Å². The Bertz CT molecular complexity index is 419. The molecule has 0 radical (unpaired) electrons. The second-order valence-electron chi connectivity index (χ2n) is 4.36. The summed E-state index contributed by atoms with van der Waals surface area (Å²) in [4.78, 5) is 12.9. The molecular weight excluding hydrogens is 341 g/mol. The summed E-state index contributed by atoms with van der Waals surface area (Å²) in [7, 11) is 6.06. The fourth-order valence-corrected chi connectivity index (χ4v) is 1.87. The van der Waals surface area contributed by atoms with Gasteiger partial charge < -0.3 is 15.1 Å². The number of nitrogens with one attached hydrogen (secondary N) is 1. The summed E-state index contributed by atoms with van der Waals surface area (Å²) in [6.45, 7) is 2.63. The minimum atomic E-state index is 0. The number of aromatic nitrogens is 1. The van der Waals surface area contributed by atoms with Crippen molar-refractivity contribution in [2.24, 2.45) is 4.99 Å². The maximum atomic E-state index is 4.40. The lowest BCUT2D eigenvalue weighted by atomic mass is 10.2. The molecule has 2 rings (SSSR count). The molecule has 1 aromatic heterocycles. The predicted molar refractivity (Wildman–Crippen MR) is 85.8 cm³/mol.